The van der Waals surface area contributed by atoms with Gasteiger partial charge in [-0.1, -0.05) is 64.6 Å². The SMILES string of the molecule is COc1ccccc1NC(=S)NC(NC(=O)c1ccc(C)cc1)C(Cl)(Cl)Cl. The molecule has 2 rings (SSSR count). The molecule has 0 aliphatic rings. The van der Waals surface area contributed by atoms with Crippen molar-refractivity contribution in [2.75, 3.05) is 12.4 Å². The largest absolute Gasteiger partial charge is 0.495 e. The summed E-state index contributed by atoms with van der Waals surface area (Å²) in [5.41, 5.74) is 2.10. The van der Waals surface area contributed by atoms with Crippen molar-refractivity contribution in [2.24, 2.45) is 0 Å². The Kier molecular flexibility index (Phi) is 7.56. The fourth-order valence-electron chi connectivity index (χ4n) is 2.16. The van der Waals surface area contributed by atoms with E-state index in [1.54, 1.807) is 31.4 Å². The van der Waals surface area contributed by atoms with Crippen LogP contribution in [0.15, 0.2) is 48.5 Å². The zero-order chi connectivity index (χ0) is 20.0. The van der Waals surface area contributed by atoms with Crippen LogP contribution in [0.4, 0.5) is 5.69 Å². The normalized spacial score (nSPS) is 12.0. The fraction of sp³-hybridized carbons (Fsp3) is 0.222. The number of methoxy groups -OCH3 is 1. The summed E-state index contributed by atoms with van der Waals surface area (Å²) >= 11 is 23.3. The Labute approximate surface area is 178 Å². The molecule has 2 aromatic rings. The van der Waals surface area contributed by atoms with Gasteiger partial charge in [-0.25, -0.2) is 0 Å². The standard InChI is InChI=1S/C18H18Cl3N3O2S/c1-11-7-9-12(10-8-11)15(25)23-16(18(19,20)21)24-17(27)22-13-5-3-4-6-14(13)26-2/h3-10,16H,1-2H3,(H,23,25)(H2,22,24,27). The fourth-order valence-corrected chi connectivity index (χ4v) is 2.71. The van der Waals surface area contributed by atoms with Crippen LogP contribution >= 0.6 is 47.0 Å². The first kappa shape index (κ1) is 21.6. The highest BCUT2D eigenvalue weighted by Gasteiger charge is 2.35. The maximum absolute atomic E-state index is 12.4. The minimum Gasteiger partial charge on any atom is -0.495 e. The molecule has 1 atom stereocenters. The lowest BCUT2D eigenvalue weighted by molar-refractivity contribution is 0.0934. The Hall–Kier alpha value is -1.73. The predicted octanol–water partition coefficient (Wildman–Crippen LogP) is 4.42. The maximum Gasteiger partial charge on any atom is 0.252 e. The number of benzene rings is 2. The van der Waals surface area contributed by atoms with Gasteiger partial charge >= 0.3 is 0 Å². The second-order valence-electron chi connectivity index (χ2n) is 5.61. The number of nitrogens with one attached hydrogen (secondary N) is 3. The lowest BCUT2D eigenvalue weighted by atomic mass is 10.1. The van der Waals surface area contributed by atoms with Gasteiger partial charge in [-0.15, -0.1) is 0 Å². The zero-order valence-electron chi connectivity index (χ0n) is 14.6. The molecule has 0 aliphatic heterocycles. The van der Waals surface area contributed by atoms with Gasteiger partial charge in [-0.05, 0) is 43.4 Å². The summed E-state index contributed by atoms with van der Waals surface area (Å²) in [6, 6.07) is 14.2. The topological polar surface area (TPSA) is 62.4 Å². The van der Waals surface area contributed by atoms with Gasteiger partial charge in [0.2, 0.25) is 3.79 Å². The highest BCUT2D eigenvalue weighted by molar-refractivity contribution is 7.80. The lowest BCUT2D eigenvalue weighted by Crippen LogP contribution is -2.56. The zero-order valence-corrected chi connectivity index (χ0v) is 17.6. The molecule has 144 valence electrons. The van der Waals surface area contributed by atoms with Gasteiger partial charge in [0, 0.05) is 5.56 Å². The number of carbonyl (C=O) groups excluding carboxylic acids is 1. The molecule has 3 N–H and O–H groups in total. The summed E-state index contributed by atoms with van der Waals surface area (Å²) in [5, 5.41) is 8.54. The first-order valence-electron chi connectivity index (χ1n) is 7.85. The molecule has 0 fully saturated rings. The average molecular weight is 447 g/mol. The molecule has 2 aromatic carbocycles. The van der Waals surface area contributed by atoms with Gasteiger partial charge in [0.1, 0.15) is 11.9 Å². The Morgan fingerprint density at radius 1 is 1.07 bits per heavy atom. The minimum absolute atomic E-state index is 0.153. The third kappa shape index (κ3) is 6.43. The van der Waals surface area contributed by atoms with Crippen molar-refractivity contribution in [1.82, 2.24) is 10.6 Å². The Morgan fingerprint density at radius 2 is 1.70 bits per heavy atom. The quantitative estimate of drug-likeness (QED) is 0.361. The number of anilines is 1. The second-order valence-corrected chi connectivity index (χ2v) is 8.39. The van der Waals surface area contributed by atoms with Crippen LogP contribution in [0.1, 0.15) is 15.9 Å². The molecule has 5 nitrogen and oxygen atoms in total. The van der Waals surface area contributed by atoms with Crippen molar-refractivity contribution >= 4 is 63.7 Å². The maximum atomic E-state index is 12.4. The number of para-hydroxylation sites is 2. The van der Waals surface area contributed by atoms with Crippen LogP contribution in [0.3, 0.4) is 0 Å². The number of alkyl halides is 3. The third-order valence-corrected chi connectivity index (χ3v) is 4.42. The molecule has 0 bridgehead atoms. The molecule has 1 amide bonds. The number of rotatable bonds is 5. The first-order chi connectivity index (χ1) is 12.7. The van der Waals surface area contributed by atoms with Crippen LogP contribution in [0, 0.1) is 6.92 Å². The molecule has 0 spiro atoms. The van der Waals surface area contributed by atoms with E-state index in [1.807, 2.05) is 31.2 Å². The average Bonchev–Trinajstić information content (AvgIpc) is 2.61. The smallest absolute Gasteiger partial charge is 0.252 e. The summed E-state index contributed by atoms with van der Waals surface area (Å²) in [6.45, 7) is 1.93. The molecule has 0 saturated carbocycles. The summed E-state index contributed by atoms with van der Waals surface area (Å²) in [7, 11) is 1.54. The van der Waals surface area contributed by atoms with Crippen molar-refractivity contribution in [3.05, 3.63) is 59.7 Å². The molecule has 27 heavy (non-hydrogen) atoms. The summed E-state index contributed by atoms with van der Waals surface area (Å²) in [4.78, 5) is 12.4. The number of hydrogen-bond acceptors (Lipinski definition) is 3. The van der Waals surface area contributed by atoms with Crippen LogP contribution in [-0.4, -0.2) is 28.1 Å². The number of aryl methyl sites for hydroxylation is 1. The molecule has 1 unspecified atom stereocenters. The number of thiocarbonyl (C=S) groups is 1. The summed E-state index contributed by atoms with van der Waals surface area (Å²) in [6.07, 6.45) is -1.06. The number of halogens is 3. The van der Waals surface area contributed by atoms with Crippen molar-refractivity contribution in [3.63, 3.8) is 0 Å². The van der Waals surface area contributed by atoms with Gasteiger partial charge in [0.05, 0.1) is 12.8 Å². The van der Waals surface area contributed by atoms with Crippen molar-refractivity contribution in [2.45, 2.75) is 16.9 Å². The molecular formula is C18H18Cl3N3O2S. The number of ether oxygens (including phenoxy) is 1. The van der Waals surface area contributed by atoms with Gasteiger partial charge in [0.15, 0.2) is 5.11 Å². The number of hydrogen-bond donors (Lipinski definition) is 3. The summed E-state index contributed by atoms with van der Waals surface area (Å²) in [5.74, 6) is 0.190. The molecule has 0 aliphatic carbocycles. The van der Waals surface area contributed by atoms with E-state index in [1.165, 1.54) is 0 Å². The molecule has 0 radical (unpaired) electrons. The highest BCUT2D eigenvalue weighted by Crippen LogP contribution is 2.29. The van der Waals surface area contributed by atoms with Crippen LogP contribution in [0.5, 0.6) is 5.75 Å². The van der Waals surface area contributed by atoms with Crippen LogP contribution in [-0.2, 0) is 0 Å². The van der Waals surface area contributed by atoms with Crippen LogP contribution in [0.2, 0.25) is 0 Å². The lowest BCUT2D eigenvalue weighted by Gasteiger charge is -2.28. The Balaban J connectivity index is 2.09. The molecule has 0 heterocycles. The van der Waals surface area contributed by atoms with Gasteiger partial charge in [-0.2, -0.15) is 0 Å². The van der Waals surface area contributed by atoms with E-state index in [4.69, 9.17) is 51.8 Å². The molecule has 0 saturated heterocycles. The Morgan fingerprint density at radius 3 is 2.30 bits per heavy atom. The van der Waals surface area contributed by atoms with E-state index in [2.05, 4.69) is 16.0 Å². The molecular weight excluding hydrogens is 429 g/mol. The van der Waals surface area contributed by atoms with Crippen LogP contribution in [0.25, 0.3) is 0 Å². The number of carbonyl (C=O) groups is 1. The minimum atomic E-state index is -1.84. The number of amides is 1. The van der Waals surface area contributed by atoms with E-state index < -0.39 is 15.9 Å². The highest BCUT2D eigenvalue weighted by atomic mass is 35.6. The van der Waals surface area contributed by atoms with Crippen molar-refractivity contribution < 1.29 is 9.53 Å². The second kappa shape index (κ2) is 9.46. The van der Waals surface area contributed by atoms with Crippen molar-refractivity contribution in [1.29, 1.82) is 0 Å². The Bertz CT molecular complexity index is 810. The van der Waals surface area contributed by atoms with E-state index in [0.29, 0.717) is 17.0 Å². The van der Waals surface area contributed by atoms with Gasteiger partial charge < -0.3 is 20.7 Å². The van der Waals surface area contributed by atoms with Gasteiger partial charge in [0.25, 0.3) is 5.91 Å². The van der Waals surface area contributed by atoms with E-state index in [-0.39, 0.29) is 5.11 Å². The molecule has 9 heteroatoms. The van der Waals surface area contributed by atoms with E-state index >= 15 is 0 Å². The van der Waals surface area contributed by atoms with Crippen LogP contribution < -0.4 is 20.7 Å². The third-order valence-electron chi connectivity index (χ3n) is 3.55. The van der Waals surface area contributed by atoms with E-state index in [0.717, 1.165) is 5.56 Å². The first-order valence-corrected chi connectivity index (χ1v) is 9.39. The monoisotopic (exact) mass is 445 g/mol. The summed E-state index contributed by atoms with van der Waals surface area (Å²) < 4.78 is 3.41. The predicted molar refractivity (Wildman–Crippen MR) is 115 cm³/mol. The van der Waals surface area contributed by atoms with Gasteiger partial charge in [-0.3, -0.25) is 4.79 Å². The van der Waals surface area contributed by atoms with Crippen molar-refractivity contribution in [3.8, 4) is 5.75 Å². The molecule has 0 aromatic heterocycles. The van der Waals surface area contributed by atoms with E-state index in [9.17, 15) is 4.79 Å².